The molecule has 0 spiro atoms. The molecule has 2 aliphatic carbocycles. The van der Waals surface area contributed by atoms with Gasteiger partial charge in [0.1, 0.15) is 5.82 Å². The molecule has 0 radical (unpaired) electrons. The zero-order valence-electron chi connectivity index (χ0n) is 12.6. The molecule has 0 saturated heterocycles. The van der Waals surface area contributed by atoms with E-state index in [9.17, 15) is 15.0 Å². The van der Waals surface area contributed by atoms with E-state index in [0.717, 1.165) is 19.3 Å². The van der Waals surface area contributed by atoms with Gasteiger partial charge in [-0.25, -0.2) is 9.97 Å². The lowest BCUT2D eigenvalue weighted by atomic mass is 9.92. The van der Waals surface area contributed by atoms with Gasteiger partial charge in [0.25, 0.3) is 0 Å². The molecule has 3 rings (SSSR count). The van der Waals surface area contributed by atoms with Crippen molar-refractivity contribution in [1.82, 2.24) is 9.97 Å². The molecule has 6 nitrogen and oxygen atoms in total. The molecule has 1 heterocycles. The molecule has 22 heavy (non-hydrogen) atoms. The molecule has 3 N–H and O–H groups in total. The third kappa shape index (κ3) is 2.92. The van der Waals surface area contributed by atoms with Crippen LogP contribution in [0, 0.1) is 0 Å². The number of hydrogen-bond acceptors (Lipinski definition) is 6. The van der Waals surface area contributed by atoms with Gasteiger partial charge in [-0.15, -0.1) is 0 Å². The summed E-state index contributed by atoms with van der Waals surface area (Å²) in [5, 5.41) is 23.3. The fourth-order valence-corrected chi connectivity index (χ4v) is 3.48. The maximum absolute atomic E-state index is 11.6. The first kappa shape index (κ1) is 15.6. The van der Waals surface area contributed by atoms with E-state index < -0.39 is 11.4 Å². The molecule has 120 valence electrons. The molecule has 7 heteroatoms. The zero-order valence-corrected chi connectivity index (χ0v) is 13.4. The lowest BCUT2D eigenvalue weighted by Crippen LogP contribution is -2.32. The minimum absolute atomic E-state index is 0.136. The maximum Gasteiger partial charge on any atom is 0.314 e. The van der Waals surface area contributed by atoms with Crippen LogP contribution in [0.4, 0.5) is 5.82 Å². The standard InChI is InChI=1S/C15H21N3O3S/c1-22-14-16-8-11(15(5-6-15)13(20)21)12(18-14)17-9-3-2-4-10(19)7-9/h8-10,19H,2-7H2,1H3,(H,20,21)(H,16,17,18)/t9-,10-/m1/s1. The highest BCUT2D eigenvalue weighted by Crippen LogP contribution is 2.50. The summed E-state index contributed by atoms with van der Waals surface area (Å²) in [6.07, 6.45) is 7.98. The Morgan fingerprint density at radius 2 is 2.23 bits per heavy atom. The molecule has 2 atom stereocenters. The number of hydrogen-bond donors (Lipinski definition) is 3. The van der Waals surface area contributed by atoms with Gasteiger partial charge >= 0.3 is 5.97 Å². The number of nitrogens with zero attached hydrogens (tertiary/aromatic N) is 2. The monoisotopic (exact) mass is 323 g/mol. The van der Waals surface area contributed by atoms with Crippen LogP contribution >= 0.6 is 11.8 Å². The number of carboxylic acid groups (broad SMARTS) is 1. The summed E-state index contributed by atoms with van der Waals surface area (Å²) < 4.78 is 0. The molecular formula is C15H21N3O3S. The summed E-state index contributed by atoms with van der Waals surface area (Å²) in [6, 6.07) is 0.136. The van der Waals surface area contributed by atoms with Gasteiger partial charge in [0.05, 0.1) is 11.5 Å². The van der Waals surface area contributed by atoms with Crippen molar-refractivity contribution in [2.75, 3.05) is 11.6 Å². The predicted molar refractivity (Wildman–Crippen MR) is 84.2 cm³/mol. The van der Waals surface area contributed by atoms with E-state index in [-0.39, 0.29) is 12.1 Å². The zero-order chi connectivity index (χ0) is 15.7. The SMILES string of the molecule is CSc1ncc(C2(C(=O)O)CC2)c(N[C@@H]2CCC[C@@H](O)C2)n1. The fraction of sp³-hybridized carbons (Fsp3) is 0.667. The minimum atomic E-state index is -0.827. The van der Waals surface area contributed by atoms with Crippen molar-refractivity contribution < 1.29 is 15.0 Å². The molecular weight excluding hydrogens is 302 g/mol. The van der Waals surface area contributed by atoms with Gasteiger partial charge in [-0.05, 0) is 44.8 Å². The summed E-state index contributed by atoms with van der Waals surface area (Å²) in [5.74, 6) is -0.182. The number of aliphatic carboxylic acids is 1. The van der Waals surface area contributed by atoms with E-state index in [1.807, 2.05) is 6.26 Å². The highest BCUT2D eigenvalue weighted by Gasteiger charge is 2.54. The Kier molecular flexibility index (Phi) is 4.27. The number of rotatable bonds is 5. The van der Waals surface area contributed by atoms with Gasteiger partial charge in [0.2, 0.25) is 0 Å². The van der Waals surface area contributed by atoms with E-state index in [0.29, 0.717) is 35.8 Å². The Morgan fingerprint density at radius 3 is 2.82 bits per heavy atom. The first-order valence-electron chi connectivity index (χ1n) is 7.64. The maximum atomic E-state index is 11.6. The second-order valence-corrected chi connectivity index (χ2v) is 6.94. The lowest BCUT2D eigenvalue weighted by molar-refractivity contribution is -0.140. The Morgan fingerprint density at radius 1 is 1.45 bits per heavy atom. The van der Waals surface area contributed by atoms with Crippen LogP contribution in [0.25, 0.3) is 0 Å². The summed E-state index contributed by atoms with van der Waals surface area (Å²) in [6.45, 7) is 0. The second kappa shape index (κ2) is 6.04. The third-order valence-electron chi connectivity index (χ3n) is 4.61. The summed E-state index contributed by atoms with van der Waals surface area (Å²) in [7, 11) is 0. The highest BCUT2D eigenvalue weighted by molar-refractivity contribution is 7.98. The number of aliphatic hydroxyl groups excluding tert-OH is 1. The summed E-state index contributed by atoms with van der Waals surface area (Å²) >= 11 is 1.43. The van der Waals surface area contributed by atoms with Crippen LogP contribution in [0.15, 0.2) is 11.4 Å². The Labute approximate surface area is 133 Å². The number of aliphatic hydroxyl groups is 1. The Balaban J connectivity index is 1.89. The van der Waals surface area contributed by atoms with Crippen molar-refractivity contribution in [3.05, 3.63) is 11.8 Å². The van der Waals surface area contributed by atoms with Crippen molar-refractivity contribution in [1.29, 1.82) is 0 Å². The van der Waals surface area contributed by atoms with E-state index in [4.69, 9.17) is 0 Å². The molecule has 2 fully saturated rings. The molecule has 0 unspecified atom stereocenters. The molecule has 2 saturated carbocycles. The predicted octanol–water partition coefficient (Wildman–Crippen LogP) is 2.03. The average molecular weight is 323 g/mol. The van der Waals surface area contributed by atoms with Crippen molar-refractivity contribution in [3.63, 3.8) is 0 Å². The second-order valence-electron chi connectivity index (χ2n) is 6.17. The van der Waals surface area contributed by atoms with Crippen LogP contribution in [0.3, 0.4) is 0 Å². The van der Waals surface area contributed by atoms with Crippen LogP contribution in [0.5, 0.6) is 0 Å². The van der Waals surface area contributed by atoms with Crippen molar-refractivity contribution in [3.8, 4) is 0 Å². The normalized spacial score (nSPS) is 26.5. The van der Waals surface area contributed by atoms with Gasteiger partial charge < -0.3 is 15.5 Å². The summed E-state index contributed by atoms with van der Waals surface area (Å²) in [4.78, 5) is 20.4. The molecule has 0 aromatic carbocycles. The van der Waals surface area contributed by atoms with Crippen LogP contribution in [0.2, 0.25) is 0 Å². The van der Waals surface area contributed by atoms with Crippen LogP contribution in [-0.4, -0.2) is 44.6 Å². The fourth-order valence-electron chi connectivity index (χ4n) is 3.14. The Bertz CT molecular complexity index is 577. The van der Waals surface area contributed by atoms with Crippen LogP contribution < -0.4 is 5.32 Å². The van der Waals surface area contributed by atoms with Crippen molar-refractivity contribution >= 4 is 23.5 Å². The van der Waals surface area contributed by atoms with E-state index in [2.05, 4.69) is 15.3 Å². The van der Waals surface area contributed by atoms with E-state index in [1.165, 1.54) is 11.8 Å². The number of anilines is 1. The summed E-state index contributed by atoms with van der Waals surface area (Å²) in [5.41, 5.74) is -0.148. The van der Waals surface area contributed by atoms with Crippen LogP contribution in [-0.2, 0) is 10.2 Å². The topological polar surface area (TPSA) is 95.3 Å². The number of thioether (sulfide) groups is 1. The van der Waals surface area contributed by atoms with E-state index >= 15 is 0 Å². The minimum Gasteiger partial charge on any atom is -0.481 e. The number of carboxylic acids is 1. The molecule has 1 aromatic rings. The van der Waals surface area contributed by atoms with E-state index in [1.54, 1.807) is 6.20 Å². The first-order chi connectivity index (χ1) is 10.5. The van der Waals surface area contributed by atoms with Gasteiger partial charge in [-0.1, -0.05) is 11.8 Å². The largest absolute Gasteiger partial charge is 0.481 e. The van der Waals surface area contributed by atoms with Gasteiger partial charge in [0.15, 0.2) is 5.16 Å². The van der Waals surface area contributed by atoms with Gasteiger partial charge in [-0.2, -0.15) is 0 Å². The average Bonchev–Trinajstić information content (AvgIpc) is 3.29. The van der Waals surface area contributed by atoms with Crippen molar-refractivity contribution in [2.45, 2.75) is 61.2 Å². The van der Waals surface area contributed by atoms with Crippen molar-refractivity contribution in [2.24, 2.45) is 0 Å². The van der Waals surface area contributed by atoms with Gasteiger partial charge in [0, 0.05) is 17.8 Å². The lowest BCUT2D eigenvalue weighted by Gasteiger charge is -2.28. The molecule has 0 amide bonds. The molecule has 0 bridgehead atoms. The smallest absolute Gasteiger partial charge is 0.314 e. The molecule has 0 aliphatic heterocycles. The van der Waals surface area contributed by atoms with Gasteiger partial charge in [-0.3, -0.25) is 4.79 Å². The number of nitrogens with one attached hydrogen (secondary N) is 1. The number of aromatic nitrogens is 2. The Hall–Kier alpha value is -1.34. The number of carbonyl (C=O) groups is 1. The molecule has 2 aliphatic rings. The quantitative estimate of drug-likeness (QED) is 0.563. The van der Waals surface area contributed by atoms with Crippen LogP contribution in [0.1, 0.15) is 44.1 Å². The highest BCUT2D eigenvalue weighted by atomic mass is 32.2. The first-order valence-corrected chi connectivity index (χ1v) is 8.87. The molecule has 1 aromatic heterocycles. The third-order valence-corrected chi connectivity index (χ3v) is 5.17.